The zero-order valence-corrected chi connectivity index (χ0v) is 19.5. The Morgan fingerprint density at radius 2 is 1.94 bits per heavy atom. The van der Waals surface area contributed by atoms with Crippen LogP contribution in [-0.4, -0.2) is 47.1 Å². The van der Waals surface area contributed by atoms with Gasteiger partial charge in [-0.15, -0.1) is 0 Å². The van der Waals surface area contributed by atoms with E-state index in [0.717, 1.165) is 37.4 Å². The summed E-state index contributed by atoms with van der Waals surface area (Å²) in [4.78, 5) is 24.2. The molecule has 1 aliphatic rings. The number of rotatable bonds is 6. The molecule has 4 rings (SSSR count). The molecule has 2 N–H and O–H groups in total. The number of urea groups is 1. The van der Waals surface area contributed by atoms with E-state index in [9.17, 15) is 4.79 Å². The monoisotopic (exact) mass is 465 g/mol. The smallest absolute Gasteiger partial charge is 0.319 e. The SMILES string of the molecule is COc1ccc(C2CN(Cc3ccc(C)nc3)CCC2NC(=O)Nc2ccc(Cl)cc2)nc1. The minimum absolute atomic E-state index is 0.0408. The van der Waals surface area contributed by atoms with Gasteiger partial charge in [-0.2, -0.15) is 0 Å². The second kappa shape index (κ2) is 10.6. The number of methoxy groups -OCH3 is 1. The summed E-state index contributed by atoms with van der Waals surface area (Å²) in [5, 5.41) is 6.68. The predicted molar refractivity (Wildman–Crippen MR) is 130 cm³/mol. The van der Waals surface area contributed by atoms with E-state index < -0.39 is 0 Å². The van der Waals surface area contributed by atoms with E-state index >= 15 is 0 Å². The van der Waals surface area contributed by atoms with E-state index in [1.165, 1.54) is 5.56 Å². The molecule has 2 atom stereocenters. The first-order valence-corrected chi connectivity index (χ1v) is 11.3. The summed E-state index contributed by atoms with van der Waals surface area (Å²) in [5.74, 6) is 0.751. The lowest BCUT2D eigenvalue weighted by atomic mass is 9.88. The maximum absolute atomic E-state index is 12.7. The van der Waals surface area contributed by atoms with Gasteiger partial charge < -0.3 is 15.4 Å². The number of aryl methyl sites for hydroxylation is 1. The third-order valence-corrected chi connectivity index (χ3v) is 6.12. The Balaban J connectivity index is 1.47. The molecule has 1 aromatic carbocycles. The van der Waals surface area contributed by atoms with E-state index in [1.807, 2.05) is 31.3 Å². The molecular formula is C25H28ClN5O2. The van der Waals surface area contributed by atoms with Crippen LogP contribution in [0.4, 0.5) is 10.5 Å². The lowest BCUT2D eigenvalue weighted by molar-refractivity contribution is 0.166. The molecular weight excluding hydrogens is 438 g/mol. The quantitative estimate of drug-likeness (QED) is 0.555. The molecule has 33 heavy (non-hydrogen) atoms. The molecule has 2 amide bonds. The van der Waals surface area contributed by atoms with Gasteiger partial charge in [-0.05, 0) is 61.4 Å². The molecule has 0 aliphatic carbocycles. The van der Waals surface area contributed by atoms with Crippen LogP contribution in [0, 0.1) is 6.92 Å². The van der Waals surface area contributed by atoms with Crippen molar-refractivity contribution < 1.29 is 9.53 Å². The van der Waals surface area contributed by atoms with Crippen LogP contribution in [0.5, 0.6) is 5.75 Å². The predicted octanol–water partition coefficient (Wildman–Crippen LogP) is 4.63. The van der Waals surface area contributed by atoms with Crippen LogP contribution < -0.4 is 15.4 Å². The molecule has 0 bridgehead atoms. The molecule has 3 aromatic rings. The summed E-state index contributed by atoms with van der Waals surface area (Å²) < 4.78 is 5.26. The molecule has 172 valence electrons. The summed E-state index contributed by atoms with van der Waals surface area (Å²) in [6, 6.07) is 14.8. The van der Waals surface area contributed by atoms with Crippen LogP contribution in [0.3, 0.4) is 0 Å². The van der Waals surface area contributed by atoms with Gasteiger partial charge in [-0.3, -0.25) is 14.9 Å². The number of pyridine rings is 2. The normalized spacial score (nSPS) is 18.5. The fourth-order valence-corrected chi connectivity index (χ4v) is 4.21. The van der Waals surface area contributed by atoms with Crippen molar-refractivity contribution in [1.82, 2.24) is 20.2 Å². The topological polar surface area (TPSA) is 79.4 Å². The molecule has 0 radical (unpaired) electrons. The molecule has 0 saturated carbocycles. The molecule has 1 fully saturated rings. The molecule has 0 spiro atoms. The minimum atomic E-state index is -0.239. The first-order valence-electron chi connectivity index (χ1n) is 11.0. The maximum Gasteiger partial charge on any atom is 0.319 e. The van der Waals surface area contributed by atoms with Gasteiger partial charge in [0.15, 0.2) is 0 Å². The number of aromatic nitrogens is 2. The summed E-state index contributed by atoms with van der Waals surface area (Å²) in [7, 11) is 1.63. The number of likely N-dealkylation sites (tertiary alicyclic amines) is 1. The number of anilines is 1. The van der Waals surface area contributed by atoms with E-state index in [-0.39, 0.29) is 18.0 Å². The molecule has 7 nitrogen and oxygen atoms in total. The number of hydrogen-bond donors (Lipinski definition) is 2. The van der Waals surface area contributed by atoms with E-state index in [4.69, 9.17) is 16.3 Å². The van der Waals surface area contributed by atoms with Crippen molar-refractivity contribution in [3.05, 3.63) is 82.9 Å². The average molecular weight is 466 g/mol. The van der Waals surface area contributed by atoms with E-state index in [0.29, 0.717) is 16.5 Å². The highest BCUT2D eigenvalue weighted by Gasteiger charge is 2.32. The van der Waals surface area contributed by atoms with Gasteiger partial charge in [0.25, 0.3) is 0 Å². The molecule has 1 saturated heterocycles. The number of hydrogen-bond acceptors (Lipinski definition) is 5. The molecule has 3 heterocycles. The second-order valence-corrected chi connectivity index (χ2v) is 8.71. The molecule has 8 heteroatoms. The standard InChI is InChI=1S/C25H28ClN5O2/c1-17-3-4-18(13-27-17)15-31-12-11-24(22(16-31)23-10-9-21(33-2)14-28-23)30-25(32)29-20-7-5-19(26)6-8-20/h3-10,13-14,22,24H,11-12,15-16H2,1-2H3,(H2,29,30,32). The van der Waals surface area contributed by atoms with Crippen LogP contribution in [0.1, 0.15) is 29.3 Å². The van der Waals surface area contributed by atoms with Gasteiger partial charge in [0.05, 0.1) is 13.3 Å². The van der Waals surface area contributed by atoms with Crippen LogP contribution in [-0.2, 0) is 6.54 Å². The van der Waals surface area contributed by atoms with Crippen molar-refractivity contribution >= 4 is 23.3 Å². The van der Waals surface area contributed by atoms with Crippen LogP contribution in [0.25, 0.3) is 0 Å². The Morgan fingerprint density at radius 3 is 2.61 bits per heavy atom. The Morgan fingerprint density at radius 1 is 1.12 bits per heavy atom. The minimum Gasteiger partial charge on any atom is -0.495 e. The van der Waals surface area contributed by atoms with Gasteiger partial charge >= 0.3 is 6.03 Å². The van der Waals surface area contributed by atoms with Gasteiger partial charge in [0.1, 0.15) is 5.75 Å². The Labute approximate surface area is 199 Å². The molecule has 1 aliphatic heterocycles. The van der Waals surface area contributed by atoms with Crippen LogP contribution >= 0.6 is 11.6 Å². The third-order valence-electron chi connectivity index (χ3n) is 5.87. The number of halogens is 1. The Hall–Kier alpha value is -3.16. The third kappa shape index (κ3) is 6.21. The molecule has 2 aromatic heterocycles. The van der Waals surface area contributed by atoms with E-state index in [1.54, 1.807) is 37.6 Å². The largest absolute Gasteiger partial charge is 0.495 e. The van der Waals surface area contributed by atoms with Crippen molar-refractivity contribution in [2.45, 2.75) is 31.8 Å². The number of nitrogens with one attached hydrogen (secondary N) is 2. The fraction of sp³-hybridized carbons (Fsp3) is 0.320. The lowest BCUT2D eigenvalue weighted by Gasteiger charge is -2.38. The molecule has 2 unspecified atom stereocenters. The number of amides is 2. The number of piperidine rings is 1. The average Bonchev–Trinajstić information content (AvgIpc) is 2.83. The van der Waals surface area contributed by atoms with Crippen LogP contribution in [0.2, 0.25) is 5.02 Å². The van der Waals surface area contributed by atoms with Crippen molar-refractivity contribution in [3.63, 3.8) is 0 Å². The zero-order valence-electron chi connectivity index (χ0n) is 18.8. The highest BCUT2D eigenvalue weighted by atomic mass is 35.5. The van der Waals surface area contributed by atoms with Crippen molar-refractivity contribution in [1.29, 1.82) is 0 Å². The summed E-state index contributed by atoms with van der Waals surface area (Å²) in [6.45, 7) is 4.44. The van der Waals surface area contributed by atoms with Gasteiger partial charge in [-0.25, -0.2) is 4.79 Å². The number of ether oxygens (including phenoxy) is 1. The van der Waals surface area contributed by atoms with Crippen molar-refractivity contribution in [3.8, 4) is 5.75 Å². The van der Waals surface area contributed by atoms with Crippen molar-refractivity contribution in [2.24, 2.45) is 0 Å². The maximum atomic E-state index is 12.7. The number of benzene rings is 1. The van der Waals surface area contributed by atoms with Gasteiger partial charge in [-0.1, -0.05) is 17.7 Å². The lowest BCUT2D eigenvalue weighted by Crippen LogP contribution is -2.50. The summed E-state index contributed by atoms with van der Waals surface area (Å²) >= 11 is 5.94. The highest BCUT2D eigenvalue weighted by molar-refractivity contribution is 6.30. The summed E-state index contributed by atoms with van der Waals surface area (Å²) in [6.07, 6.45) is 4.47. The van der Waals surface area contributed by atoms with Gasteiger partial charge in [0.2, 0.25) is 0 Å². The van der Waals surface area contributed by atoms with E-state index in [2.05, 4.69) is 31.6 Å². The fourth-order valence-electron chi connectivity index (χ4n) is 4.09. The first-order chi connectivity index (χ1) is 16.0. The van der Waals surface area contributed by atoms with Crippen LogP contribution in [0.15, 0.2) is 60.9 Å². The Bertz CT molecular complexity index is 1060. The first kappa shape index (κ1) is 23.0. The van der Waals surface area contributed by atoms with Gasteiger partial charge in [0, 0.05) is 59.9 Å². The number of nitrogens with zero attached hydrogens (tertiary/aromatic N) is 3. The Kier molecular flexibility index (Phi) is 7.42. The number of carbonyl (C=O) groups excluding carboxylic acids is 1. The zero-order chi connectivity index (χ0) is 23.2. The second-order valence-electron chi connectivity index (χ2n) is 8.27. The highest BCUT2D eigenvalue weighted by Crippen LogP contribution is 2.28. The summed E-state index contributed by atoms with van der Waals surface area (Å²) in [5.41, 5.74) is 3.81. The number of carbonyl (C=O) groups is 1. The van der Waals surface area contributed by atoms with Crippen molar-refractivity contribution in [2.75, 3.05) is 25.5 Å².